The Morgan fingerprint density at radius 2 is 2.09 bits per heavy atom. The number of rotatable bonds is 4. The first-order valence-corrected chi connectivity index (χ1v) is 7.53. The number of para-hydroxylation sites is 1. The minimum absolute atomic E-state index is 0.0519. The van der Waals surface area contributed by atoms with Crippen LogP contribution in [0.4, 0.5) is 5.69 Å². The lowest BCUT2D eigenvalue weighted by Gasteiger charge is -2.28. The molecule has 5 nitrogen and oxygen atoms in total. The Kier molecular flexibility index (Phi) is 4.24. The molecule has 1 aromatic heterocycles. The molecular formula is C17H20N2O3. The van der Waals surface area contributed by atoms with Gasteiger partial charge in [0.05, 0.1) is 24.8 Å². The third-order valence-electron chi connectivity index (χ3n) is 4.08. The van der Waals surface area contributed by atoms with Crippen molar-refractivity contribution in [1.29, 1.82) is 0 Å². The van der Waals surface area contributed by atoms with Crippen molar-refractivity contribution in [3.8, 4) is 0 Å². The first-order valence-electron chi connectivity index (χ1n) is 7.53. The van der Waals surface area contributed by atoms with Gasteiger partial charge in [-0.15, -0.1) is 0 Å². The molecule has 1 aliphatic heterocycles. The summed E-state index contributed by atoms with van der Waals surface area (Å²) in [5, 5.41) is 3.93. The van der Waals surface area contributed by atoms with Crippen molar-refractivity contribution >= 4 is 11.6 Å². The lowest BCUT2D eigenvalue weighted by molar-refractivity contribution is -0.118. The quantitative estimate of drug-likeness (QED) is 0.871. The Hall–Kier alpha value is -2.14. The van der Waals surface area contributed by atoms with Crippen molar-refractivity contribution in [2.24, 2.45) is 0 Å². The van der Waals surface area contributed by atoms with Crippen LogP contribution in [0.25, 0.3) is 0 Å². The summed E-state index contributed by atoms with van der Waals surface area (Å²) in [6, 6.07) is 9.86. The van der Waals surface area contributed by atoms with Crippen LogP contribution in [0.5, 0.6) is 0 Å². The number of nitrogens with zero attached hydrogens (tertiary/aromatic N) is 2. The third-order valence-corrected chi connectivity index (χ3v) is 4.08. The molecule has 0 bridgehead atoms. The van der Waals surface area contributed by atoms with Crippen molar-refractivity contribution in [2.75, 3.05) is 18.1 Å². The van der Waals surface area contributed by atoms with Crippen LogP contribution in [0, 0.1) is 13.8 Å². The number of hydrogen-bond acceptors (Lipinski definition) is 4. The van der Waals surface area contributed by atoms with E-state index in [-0.39, 0.29) is 11.9 Å². The van der Waals surface area contributed by atoms with Crippen LogP contribution < -0.4 is 4.90 Å². The highest BCUT2D eigenvalue weighted by Crippen LogP contribution is 2.24. The van der Waals surface area contributed by atoms with E-state index in [4.69, 9.17) is 9.26 Å². The van der Waals surface area contributed by atoms with Crippen LogP contribution >= 0.6 is 0 Å². The zero-order valence-electron chi connectivity index (χ0n) is 12.9. The first-order chi connectivity index (χ1) is 10.7. The molecule has 0 spiro atoms. The zero-order valence-corrected chi connectivity index (χ0v) is 12.9. The topological polar surface area (TPSA) is 55.6 Å². The zero-order chi connectivity index (χ0) is 15.5. The molecule has 0 radical (unpaired) electrons. The van der Waals surface area contributed by atoms with Gasteiger partial charge < -0.3 is 14.2 Å². The molecule has 3 rings (SSSR count). The van der Waals surface area contributed by atoms with E-state index in [9.17, 15) is 4.79 Å². The van der Waals surface area contributed by atoms with Crippen LogP contribution in [0.15, 0.2) is 34.9 Å². The molecule has 2 heterocycles. The number of amides is 1. The lowest BCUT2D eigenvalue weighted by Crippen LogP contribution is -2.42. The van der Waals surface area contributed by atoms with Gasteiger partial charge in [0.1, 0.15) is 5.76 Å². The molecule has 1 unspecified atom stereocenters. The second kappa shape index (κ2) is 6.32. The monoisotopic (exact) mass is 300 g/mol. The average molecular weight is 300 g/mol. The van der Waals surface area contributed by atoms with Crippen LogP contribution in [0.1, 0.15) is 23.4 Å². The summed E-state index contributed by atoms with van der Waals surface area (Å²) in [4.78, 5) is 14.8. The van der Waals surface area contributed by atoms with Gasteiger partial charge in [-0.3, -0.25) is 4.79 Å². The molecule has 0 saturated carbocycles. The highest BCUT2D eigenvalue weighted by atomic mass is 16.5. The molecule has 1 fully saturated rings. The second-order valence-electron chi connectivity index (χ2n) is 5.60. The number of carbonyl (C=O) groups is 1. The third kappa shape index (κ3) is 2.90. The Labute approximate surface area is 129 Å². The summed E-state index contributed by atoms with van der Waals surface area (Å²) >= 11 is 0. The normalized spacial score (nSPS) is 17.6. The SMILES string of the molecule is Cc1noc(C)c1CC(=O)N(c1ccccc1)C1CCOC1. The van der Waals surface area contributed by atoms with E-state index in [1.54, 1.807) is 0 Å². The highest BCUT2D eigenvalue weighted by Gasteiger charge is 2.29. The van der Waals surface area contributed by atoms with Crippen molar-refractivity contribution in [2.45, 2.75) is 32.7 Å². The van der Waals surface area contributed by atoms with Crippen LogP contribution in [-0.4, -0.2) is 30.3 Å². The maximum Gasteiger partial charge on any atom is 0.231 e. The van der Waals surface area contributed by atoms with Crippen molar-refractivity contribution < 1.29 is 14.1 Å². The van der Waals surface area contributed by atoms with E-state index in [1.807, 2.05) is 49.1 Å². The number of ether oxygens (including phenoxy) is 1. The number of aromatic nitrogens is 1. The smallest absolute Gasteiger partial charge is 0.231 e. The van der Waals surface area contributed by atoms with Crippen molar-refractivity contribution in [3.05, 3.63) is 47.3 Å². The molecule has 1 aliphatic rings. The Balaban J connectivity index is 1.87. The van der Waals surface area contributed by atoms with Gasteiger partial charge in [0.25, 0.3) is 0 Å². The highest BCUT2D eigenvalue weighted by molar-refractivity contribution is 5.95. The largest absolute Gasteiger partial charge is 0.379 e. The molecule has 1 atom stereocenters. The second-order valence-corrected chi connectivity index (χ2v) is 5.60. The summed E-state index contributed by atoms with van der Waals surface area (Å²) < 4.78 is 10.6. The van der Waals surface area contributed by atoms with Gasteiger partial charge in [0, 0.05) is 17.9 Å². The molecule has 116 valence electrons. The minimum Gasteiger partial charge on any atom is -0.379 e. The summed E-state index contributed by atoms with van der Waals surface area (Å²) in [7, 11) is 0. The predicted molar refractivity (Wildman–Crippen MR) is 82.8 cm³/mol. The van der Waals surface area contributed by atoms with E-state index < -0.39 is 0 Å². The van der Waals surface area contributed by atoms with Gasteiger partial charge in [-0.2, -0.15) is 0 Å². The van der Waals surface area contributed by atoms with Crippen LogP contribution in [-0.2, 0) is 16.0 Å². The molecule has 1 amide bonds. The number of anilines is 1. The molecule has 22 heavy (non-hydrogen) atoms. The van der Waals surface area contributed by atoms with Gasteiger partial charge in [-0.1, -0.05) is 23.4 Å². The lowest BCUT2D eigenvalue weighted by atomic mass is 10.1. The van der Waals surface area contributed by atoms with E-state index in [2.05, 4.69) is 5.16 Å². The molecule has 5 heteroatoms. The first kappa shape index (κ1) is 14.8. The van der Waals surface area contributed by atoms with Crippen LogP contribution in [0.3, 0.4) is 0 Å². The Morgan fingerprint density at radius 1 is 1.32 bits per heavy atom. The minimum atomic E-state index is 0.0519. The number of aryl methyl sites for hydroxylation is 2. The Morgan fingerprint density at radius 3 is 2.68 bits per heavy atom. The maximum atomic E-state index is 12.9. The summed E-state index contributed by atoms with van der Waals surface area (Å²) in [5.74, 6) is 0.762. The van der Waals surface area contributed by atoms with Crippen molar-refractivity contribution in [1.82, 2.24) is 5.16 Å². The average Bonchev–Trinajstić information content (AvgIpc) is 3.14. The Bertz CT molecular complexity index is 626. The molecule has 1 saturated heterocycles. The number of carbonyl (C=O) groups excluding carboxylic acids is 1. The molecule has 0 N–H and O–H groups in total. The van der Waals surface area contributed by atoms with Crippen LogP contribution in [0.2, 0.25) is 0 Å². The molecule has 1 aromatic carbocycles. The number of benzene rings is 1. The standard InChI is InChI=1S/C17H20N2O3/c1-12-16(13(2)22-18-12)10-17(20)19(15-8-9-21-11-15)14-6-4-3-5-7-14/h3-7,15H,8-11H2,1-2H3. The fraction of sp³-hybridized carbons (Fsp3) is 0.412. The molecular weight excluding hydrogens is 280 g/mol. The summed E-state index contributed by atoms with van der Waals surface area (Å²) in [6.45, 7) is 4.99. The van der Waals surface area contributed by atoms with E-state index in [1.165, 1.54) is 0 Å². The van der Waals surface area contributed by atoms with E-state index in [0.717, 1.165) is 23.4 Å². The molecule has 2 aromatic rings. The predicted octanol–water partition coefficient (Wildman–Crippen LogP) is 2.66. The fourth-order valence-electron chi connectivity index (χ4n) is 2.86. The maximum absolute atomic E-state index is 12.9. The van der Waals surface area contributed by atoms with E-state index in [0.29, 0.717) is 25.4 Å². The number of hydrogen-bond donors (Lipinski definition) is 0. The summed E-state index contributed by atoms with van der Waals surface area (Å²) in [5.41, 5.74) is 2.57. The van der Waals surface area contributed by atoms with E-state index >= 15 is 0 Å². The van der Waals surface area contributed by atoms with Crippen molar-refractivity contribution in [3.63, 3.8) is 0 Å². The van der Waals surface area contributed by atoms with Gasteiger partial charge in [-0.05, 0) is 32.4 Å². The van der Waals surface area contributed by atoms with Gasteiger partial charge in [-0.25, -0.2) is 0 Å². The summed E-state index contributed by atoms with van der Waals surface area (Å²) in [6.07, 6.45) is 1.16. The van der Waals surface area contributed by atoms with Gasteiger partial charge >= 0.3 is 0 Å². The van der Waals surface area contributed by atoms with Gasteiger partial charge in [0.15, 0.2) is 0 Å². The fourth-order valence-corrected chi connectivity index (χ4v) is 2.86. The van der Waals surface area contributed by atoms with Gasteiger partial charge in [0.2, 0.25) is 5.91 Å². The molecule has 0 aliphatic carbocycles.